The summed E-state index contributed by atoms with van der Waals surface area (Å²) in [5.74, 6) is 0.0293. The Morgan fingerprint density at radius 3 is 1.30 bits per heavy atom. The number of nitrogens with zero attached hydrogens (tertiary/aromatic N) is 4. The van der Waals surface area contributed by atoms with Gasteiger partial charge in [-0.3, -0.25) is 9.97 Å². The van der Waals surface area contributed by atoms with Gasteiger partial charge in [-0.2, -0.15) is 0 Å². The number of pyridine rings is 2. The van der Waals surface area contributed by atoms with Gasteiger partial charge in [0, 0.05) is 34.6 Å². The molecule has 3 aromatic rings. The van der Waals surface area contributed by atoms with E-state index in [-0.39, 0.29) is 24.1 Å². The zero-order valence-electron chi connectivity index (χ0n) is 14.0. The van der Waals surface area contributed by atoms with Crippen LogP contribution in [0.5, 0.6) is 0 Å². The summed E-state index contributed by atoms with van der Waals surface area (Å²) in [5.41, 5.74) is 15.5. The van der Waals surface area contributed by atoms with Gasteiger partial charge in [-0.1, -0.05) is 34.6 Å². The monoisotopic (exact) mass is 384 g/mol. The van der Waals surface area contributed by atoms with Crippen molar-refractivity contribution in [3.63, 3.8) is 0 Å². The molecule has 0 atom stereocenters. The molecule has 3 rings (SSSR count). The van der Waals surface area contributed by atoms with Crippen molar-refractivity contribution >= 4 is 24.1 Å². The Hall–Kier alpha value is -3.65. The Bertz CT molecular complexity index is 874. The first kappa shape index (κ1) is 19.7. The summed E-state index contributed by atoms with van der Waals surface area (Å²) < 4.78 is 0. The predicted molar refractivity (Wildman–Crippen MR) is 105 cm³/mol. The molecule has 0 saturated carbocycles. The van der Waals surface area contributed by atoms with Gasteiger partial charge in [-0.05, 0) is 24.3 Å². The molecule has 6 N–H and O–H groups in total. The lowest BCUT2D eigenvalue weighted by Crippen LogP contribution is -2.13. The average Bonchev–Trinajstić information content (AvgIpc) is 2.73. The van der Waals surface area contributed by atoms with E-state index in [1.807, 2.05) is 24.3 Å². The molecule has 1 aromatic carbocycles. The van der Waals surface area contributed by atoms with Crippen LogP contribution in [0.4, 0.5) is 0 Å². The van der Waals surface area contributed by atoms with Gasteiger partial charge in [0.1, 0.15) is 0 Å². The van der Waals surface area contributed by atoms with E-state index in [4.69, 9.17) is 21.9 Å². The molecule has 0 saturated heterocycles. The summed E-state index contributed by atoms with van der Waals surface area (Å²) in [7, 11) is 0. The van der Waals surface area contributed by atoms with Crippen molar-refractivity contribution in [1.29, 1.82) is 0 Å². The van der Waals surface area contributed by atoms with Crippen LogP contribution in [0.2, 0.25) is 0 Å². The number of rotatable bonds is 4. The fourth-order valence-electron chi connectivity index (χ4n) is 2.36. The number of hydrogen-bond donors (Lipinski definition) is 4. The van der Waals surface area contributed by atoms with Crippen molar-refractivity contribution in [1.82, 2.24) is 9.97 Å². The molecule has 0 aliphatic carbocycles. The van der Waals surface area contributed by atoms with Crippen molar-refractivity contribution in [3.8, 4) is 22.5 Å². The molecular formula is C18H17ClN6O2. The van der Waals surface area contributed by atoms with Gasteiger partial charge in [0.2, 0.25) is 0 Å². The molecule has 27 heavy (non-hydrogen) atoms. The van der Waals surface area contributed by atoms with E-state index in [0.29, 0.717) is 11.1 Å². The Labute approximate surface area is 161 Å². The summed E-state index contributed by atoms with van der Waals surface area (Å²) >= 11 is 0. The minimum Gasteiger partial charge on any atom is -0.409 e. The second kappa shape index (κ2) is 8.63. The van der Waals surface area contributed by atoms with Gasteiger partial charge >= 0.3 is 0 Å². The van der Waals surface area contributed by atoms with E-state index in [0.717, 1.165) is 22.5 Å². The molecule has 0 spiro atoms. The quantitative estimate of drug-likeness (QED) is 0.235. The molecule has 2 aromatic heterocycles. The number of halogens is 1. The minimum absolute atomic E-state index is 0. The van der Waals surface area contributed by atoms with E-state index >= 15 is 0 Å². The summed E-state index contributed by atoms with van der Waals surface area (Å²) in [6, 6.07) is 14.8. The fourth-order valence-corrected chi connectivity index (χ4v) is 2.36. The largest absolute Gasteiger partial charge is 0.409 e. The predicted octanol–water partition coefficient (Wildman–Crippen LogP) is 2.42. The van der Waals surface area contributed by atoms with Gasteiger partial charge in [0.25, 0.3) is 0 Å². The van der Waals surface area contributed by atoms with E-state index in [2.05, 4.69) is 20.3 Å². The van der Waals surface area contributed by atoms with Gasteiger partial charge in [-0.15, -0.1) is 12.4 Å². The third-order valence-electron chi connectivity index (χ3n) is 3.81. The highest BCUT2D eigenvalue weighted by atomic mass is 35.5. The number of nitrogens with two attached hydrogens (primary N) is 2. The summed E-state index contributed by atoms with van der Waals surface area (Å²) in [6.07, 6.45) is 3.09. The molecule has 8 nitrogen and oxygen atoms in total. The number of amidine groups is 2. The van der Waals surface area contributed by atoms with Crippen LogP contribution in [0.1, 0.15) is 11.1 Å². The normalized spacial score (nSPS) is 11.7. The maximum absolute atomic E-state index is 8.68. The van der Waals surface area contributed by atoms with Crippen LogP contribution in [-0.2, 0) is 0 Å². The highest BCUT2D eigenvalue weighted by Crippen LogP contribution is 2.23. The van der Waals surface area contributed by atoms with E-state index in [1.165, 1.54) is 0 Å². The first-order valence-corrected chi connectivity index (χ1v) is 7.61. The van der Waals surface area contributed by atoms with Gasteiger partial charge in [0.15, 0.2) is 11.7 Å². The molecule has 0 aliphatic heterocycles. The van der Waals surface area contributed by atoms with Crippen LogP contribution < -0.4 is 11.5 Å². The third kappa shape index (κ3) is 4.31. The van der Waals surface area contributed by atoms with E-state index < -0.39 is 0 Å². The Kier molecular flexibility index (Phi) is 6.29. The van der Waals surface area contributed by atoms with Gasteiger partial charge in [0.05, 0.1) is 11.4 Å². The summed E-state index contributed by atoms with van der Waals surface area (Å²) in [4.78, 5) is 8.64. The molecule has 0 bridgehead atoms. The lowest BCUT2D eigenvalue weighted by atomic mass is 10.1. The van der Waals surface area contributed by atoms with Crippen LogP contribution in [0.3, 0.4) is 0 Å². The number of benzene rings is 1. The average molecular weight is 385 g/mol. The second-order valence-electron chi connectivity index (χ2n) is 5.41. The number of aromatic nitrogens is 2. The number of oxime groups is 2. The molecular weight excluding hydrogens is 368 g/mol. The smallest absolute Gasteiger partial charge is 0.171 e. The molecule has 9 heteroatoms. The molecule has 0 radical (unpaired) electrons. The first-order chi connectivity index (χ1) is 12.6. The molecule has 2 heterocycles. The molecule has 0 fully saturated rings. The lowest BCUT2D eigenvalue weighted by Gasteiger charge is -2.06. The topological polar surface area (TPSA) is 143 Å². The van der Waals surface area contributed by atoms with Crippen molar-refractivity contribution < 1.29 is 10.4 Å². The van der Waals surface area contributed by atoms with Crippen LogP contribution in [-0.4, -0.2) is 32.1 Å². The molecule has 0 unspecified atom stereocenters. The molecule has 0 amide bonds. The number of hydrogen-bond acceptors (Lipinski definition) is 6. The minimum atomic E-state index is 0. The van der Waals surface area contributed by atoms with Crippen LogP contribution in [0.25, 0.3) is 22.5 Å². The van der Waals surface area contributed by atoms with Crippen LogP contribution in [0, 0.1) is 0 Å². The first-order valence-electron chi connectivity index (χ1n) is 7.61. The molecule has 0 aliphatic rings. The SMILES string of the molecule is Cl.N/C(=N\O)c1ccc(-c2ccc(-c3ccc(/C(N)=N/O)cn3)cc2)nc1. The Balaban J connectivity index is 0.00000261. The second-order valence-corrected chi connectivity index (χ2v) is 5.41. The fraction of sp³-hybridized carbons (Fsp3) is 0. The van der Waals surface area contributed by atoms with E-state index in [1.54, 1.807) is 36.7 Å². The summed E-state index contributed by atoms with van der Waals surface area (Å²) in [6.45, 7) is 0. The Morgan fingerprint density at radius 1 is 0.667 bits per heavy atom. The van der Waals surface area contributed by atoms with E-state index in [9.17, 15) is 0 Å². The zero-order valence-corrected chi connectivity index (χ0v) is 14.8. The maximum atomic E-state index is 8.68. The summed E-state index contributed by atoms with van der Waals surface area (Å²) in [5, 5.41) is 23.3. The third-order valence-corrected chi connectivity index (χ3v) is 3.81. The standard InChI is InChI=1S/C18H16N6O2.ClH/c19-17(23-25)13-5-7-15(21-9-13)11-1-2-12(4-3-11)16-8-6-14(10-22-16)18(20)24-26;/h1-10,25-26H,(H2,19,23)(H2,20,24);1H. The van der Waals surface area contributed by atoms with Crippen LogP contribution >= 0.6 is 12.4 Å². The highest BCUT2D eigenvalue weighted by Gasteiger charge is 2.05. The Morgan fingerprint density at radius 2 is 1.04 bits per heavy atom. The van der Waals surface area contributed by atoms with Crippen molar-refractivity contribution in [3.05, 3.63) is 72.1 Å². The van der Waals surface area contributed by atoms with Crippen molar-refractivity contribution in [2.24, 2.45) is 21.8 Å². The van der Waals surface area contributed by atoms with Crippen molar-refractivity contribution in [2.45, 2.75) is 0 Å². The maximum Gasteiger partial charge on any atom is 0.171 e. The highest BCUT2D eigenvalue weighted by molar-refractivity contribution is 5.97. The van der Waals surface area contributed by atoms with Crippen LogP contribution in [0.15, 0.2) is 71.2 Å². The molecule has 138 valence electrons. The van der Waals surface area contributed by atoms with Crippen molar-refractivity contribution in [2.75, 3.05) is 0 Å². The van der Waals surface area contributed by atoms with Gasteiger partial charge < -0.3 is 21.9 Å². The zero-order chi connectivity index (χ0) is 18.5. The lowest BCUT2D eigenvalue weighted by molar-refractivity contribution is 0.318. The van der Waals surface area contributed by atoms with Gasteiger partial charge in [-0.25, -0.2) is 0 Å².